The molecule has 1 atom stereocenters. The van der Waals surface area contributed by atoms with Gasteiger partial charge in [0.15, 0.2) is 0 Å². The maximum atomic E-state index is 12.8. The standard InChI is InChI=1S/C21H26ClN3O3S/c1-24(2)20(17-8-4-5-9-18(17)22)14-23-21(26)16-10-11-19-15(13-16)7-6-12-25(19)29(3,27)28/h4-5,8-11,13,20H,6-7,12,14H2,1-3H3,(H,23,26)/t20-/m0/s1. The number of anilines is 1. The summed E-state index contributed by atoms with van der Waals surface area (Å²) in [5.41, 5.74) is 3.02. The second-order valence-electron chi connectivity index (χ2n) is 7.49. The van der Waals surface area contributed by atoms with Crippen molar-refractivity contribution in [1.82, 2.24) is 10.2 Å². The first-order valence-electron chi connectivity index (χ1n) is 9.48. The highest BCUT2D eigenvalue weighted by Crippen LogP contribution is 2.30. The Hall–Kier alpha value is -2.09. The van der Waals surface area contributed by atoms with Crippen molar-refractivity contribution in [2.24, 2.45) is 0 Å². The predicted octanol–water partition coefficient (Wildman–Crippen LogP) is 3.08. The Morgan fingerprint density at radius 1 is 1.24 bits per heavy atom. The van der Waals surface area contributed by atoms with E-state index in [2.05, 4.69) is 5.32 Å². The van der Waals surface area contributed by atoms with Gasteiger partial charge in [0, 0.05) is 23.7 Å². The number of aryl methyl sites for hydroxylation is 1. The van der Waals surface area contributed by atoms with Crippen molar-refractivity contribution in [2.75, 3.05) is 37.7 Å². The highest BCUT2D eigenvalue weighted by Gasteiger charge is 2.25. The van der Waals surface area contributed by atoms with Crippen molar-refractivity contribution >= 4 is 33.2 Å². The summed E-state index contributed by atoms with van der Waals surface area (Å²) < 4.78 is 25.4. The highest BCUT2D eigenvalue weighted by atomic mass is 35.5. The Morgan fingerprint density at radius 2 is 1.97 bits per heavy atom. The van der Waals surface area contributed by atoms with Crippen LogP contribution >= 0.6 is 11.6 Å². The number of likely N-dealkylation sites (N-methyl/N-ethyl adjacent to an activating group) is 1. The van der Waals surface area contributed by atoms with Crippen LogP contribution in [0, 0.1) is 0 Å². The van der Waals surface area contributed by atoms with Gasteiger partial charge >= 0.3 is 0 Å². The van der Waals surface area contributed by atoms with E-state index in [-0.39, 0.29) is 11.9 Å². The number of hydrogen-bond donors (Lipinski definition) is 1. The molecule has 0 unspecified atom stereocenters. The van der Waals surface area contributed by atoms with Crippen molar-refractivity contribution in [1.29, 1.82) is 0 Å². The number of carbonyl (C=O) groups excluding carboxylic acids is 1. The van der Waals surface area contributed by atoms with Gasteiger partial charge in [0.2, 0.25) is 10.0 Å². The highest BCUT2D eigenvalue weighted by molar-refractivity contribution is 7.92. The fourth-order valence-corrected chi connectivity index (χ4v) is 4.91. The van der Waals surface area contributed by atoms with E-state index in [1.54, 1.807) is 18.2 Å². The third kappa shape index (κ3) is 4.91. The average molecular weight is 436 g/mol. The Balaban J connectivity index is 1.77. The topological polar surface area (TPSA) is 69.7 Å². The fourth-order valence-electron chi connectivity index (χ4n) is 3.66. The molecule has 0 fully saturated rings. The molecule has 0 spiro atoms. The fraction of sp³-hybridized carbons (Fsp3) is 0.381. The second kappa shape index (κ2) is 8.73. The smallest absolute Gasteiger partial charge is 0.251 e. The molecule has 156 valence electrons. The van der Waals surface area contributed by atoms with Crippen LogP contribution in [-0.2, 0) is 16.4 Å². The summed E-state index contributed by atoms with van der Waals surface area (Å²) in [5.74, 6) is -0.191. The number of amides is 1. The van der Waals surface area contributed by atoms with Gasteiger partial charge in [0.05, 0.1) is 18.0 Å². The molecule has 0 aliphatic carbocycles. The monoisotopic (exact) mass is 435 g/mol. The number of carbonyl (C=O) groups is 1. The lowest BCUT2D eigenvalue weighted by atomic mass is 10.0. The number of fused-ring (bicyclic) bond motifs is 1. The molecule has 0 aromatic heterocycles. The van der Waals surface area contributed by atoms with E-state index in [1.807, 2.05) is 43.3 Å². The molecule has 1 heterocycles. The van der Waals surface area contributed by atoms with Crippen molar-refractivity contribution in [3.8, 4) is 0 Å². The van der Waals surface area contributed by atoms with E-state index in [0.29, 0.717) is 29.4 Å². The van der Waals surface area contributed by atoms with E-state index >= 15 is 0 Å². The number of hydrogen-bond acceptors (Lipinski definition) is 4. The molecule has 29 heavy (non-hydrogen) atoms. The third-order valence-electron chi connectivity index (χ3n) is 5.16. The van der Waals surface area contributed by atoms with Crippen LogP contribution in [0.5, 0.6) is 0 Å². The minimum Gasteiger partial charge on any atom is -0.350 e. The molecule has 0 saturated carbocycles. The van der Waals surface area contributed by atoms with Crippen LogP contribution in [0.4, 0.5) is 5.69 Å². The summed E-state index contributed by atoms with van der Waals surface area (Å²) in [6.07, 6.45) is 2.70. The third-order valence-corrected chi connectivity index (χ3v) is 6.69. The molecule has 1 amide bonds. The maximum absolute atomic E-state index is 12.8. The normalized spacial score (nSPS) is 15.1. The summed E-state index contributed by atoms with van der Waals surface area (Å²) in [7, 11) is 0.563. The van der Waals surface area contributed by atoms with Crippen molar-refractivity contribution in [3.05, 3.63) is 64.2 Å². The van der Waals surface area contributed by atoms with Gasteiger partial charge in [-0.05, 0) is 62.3 Å². The molecule has 2 aromatic rings. The molecule has 0 saturated heterocycles. The number of nitrogens with one attached hydrogen (secondary N) is 1. The molecule has 0 bridgehead atoms. The lowest BCUT2D eigenvalue weighted by molar-refractivity contribution is 0.0942. The van der Waals surface area contributed by atoms with Crippen molar-refractivity contribution in [2.45, 2.75) is 18.9 Å². The van der Waals surface area contributed by atoms with Gasteiger partial charge in [0.1, 0.15) is 0 Å². The summed E-state index contributed by atoms with van der Waals surface area (Å²) in [5, 5.41) is 3.65. The zero-order valence-electron chi connectivity index (χ0n) is 16.9. The molecular formula is C21H26ClN3O3S. The van der Waals surface area contributed by atoms with E-state index in [4.69, 9.17) is 11.6 Å². The van der Waals surface area contributed by atoms with Gasteiger partial charge in [-0.3, -0.25) is 9.10 Å². The van der Waals surface area contributed by atoms with Crippen LogP contribution in [0.2, 0.25) is 5.02 Å². The van der Waals surface area contributed by atoms with Gasteiger partial charge in [-0.1, -0.05) is 29.8 Å². The molecule has 8 heteroatoms. The van der Waals surface area contributed by atoms with Gasteiger partial charge < -0.3 is 10.2 Å². The predicted molar refractivity (Wildman–Crippen MR) is 117 cm³/mol. The maximum Gasteiger partial charge on any atom is 0.251 e. The summed E-state index contributed by atoms with van der Waals surface area (Å²) in [6, 6.07) is 12.7. The number of halogens is 1. The first-order valence-corrected chi connectivity index (χ1v) is 11.7. The lowest BCUT2D eigenvalue weighted by Gasteiger charge is -2.29. The number of nitrogens with zero attached hydrogens (tertiary/aromatic N) is 2. The minimum absolute atomic E-state index is 0.0639. The largest absolute Gasteiger partial charge is 0.350 e. The molecule has 1 aliphatic rings. The zero-order chi connectivity index (χ0) is 21.2. The van der Waals surface area contributed by atoms with Crippen LogP contribution in [0.1, 0.15) is 33.9 Å². The molecule has 6 nitrogen and oxygen atoms in total. The van der Waals surface area contributed by atoms with E-state index in [9.17, 15) is 13.2 Å². The lowest BCUT2D eigenvalue weighted by Crippen LogP contribution is -2.36. The Labute approximate surface area is 177 Å². The minimum atomic E-state index is -3.32. The first kappa shape index (κ1) is 21.6. The van der Waals surface area contributed by atoms with Crippen LogP contribution < -0.4 is 9.62 Å². The van der Waals surface area contributed by atoms with E-state index in [1.165, 1.54) is 10.6 Å². The second-order valence-corrected chi connectivity index (χ2v) is 9.81. The Bertz CT molecular complexity index is 1010. The van der Waals surface area contributed by atoms with Gasteiger partial charge in [-0.25, -0.2) is 8.42 Å². The molecule has 1 N–H and O–H groups in total. The van der Waals surface area contributed by atoms with Crippen molar-refractivity contribution in [3.63, 3.8) is 0 Å². The molecule has 0 radical (unpaired) electrons. The van der Waals surface area contributed by atoms with E-state index in [0.717, 1.165) is 24.0 Å². The Kier molecular flexibility index (Phi) is 6.51. The Morgan fingerprint density at radius 3 is 2.62 bits per heavy atom. The average Bonchev–Trinajstić information content (AvgIpc) is 2.67. The molecule has 3 rings (SSSR count). The quantitative estimate of drug-likeness (QED) is 0.757. The summed E-state index contributed by atoms with van der Waals surface area (Å²) >= 11 is 6.33. The SMILES string of the molecule is CN(C)[C@@H](CNC(=O)c1ccc2c(c1)CCCN2S(C)(=O)=O)c1ccccc1Cl. The zero-order valence-corrected chi connectivity index (χ0v) is 18.4. The van der Waals surface area contributed by atoms with Gasteiger partial charge in [0.25, 0.3) is 5.91 Å². The summed E-state index contributed by atoms with van der Waals surface area (Å²) in [6.45, 7) is 0.877. The molecular weight excluding hydrogens is 410 g/mol. The van der Waals surface area contributed by atoms with Gasteiger partial charge in [-0.2, -0.15) is 0 Å². The van der Waals surface area contributed by atoms with Gasteiger partial charge in [-0.15, -0.1) is 0 Å². The van der Waals surface area contributed by atoms with Crippen LogP contribution in [0.3, 0.4) is 0 Å². The van der Waals surface area contributed by atoms with Crippen LogP contribution in [0.25, 0.3) is 0 Å². The molecule has 1 aliphatic heterocycles. The van der Waals surface area contributed by atoms with Crippen LogP contribution in [0.15, 0.2) is 42.5 Å². The number of benzene rings is 2. The first-order chi connectivity index (χ1) is 13.7. The van der Waals surface area contributed by atoms with Crippen LogP contribution in [-0.4, -0.2) is 52.7 Å². The number of rotatable bonds is 6. The van der Waals surface area contributed by atoms with E-state index < -0.39 is 10.0 Å². The molecule has 2 aromatic carbocycles. The van der Waals surface area contributed by atoms with Crippen molar-refractivity contribution < 1.29 is 13.2 Å². The summed E-state index contributed by atoms with van der Waals surface area (Å²) in [4.78, 5) is 14.8. The number of sulfonamides is 1.